The molecule has 0 aromatic carbocycles. The van der Waals surface area contributed by atoms with Crippen LogP contribution >= 0.6 is 0 Å². The fourth-order valence-corrected chi connectivity index (χ4v) is 1.34. The van der Waals surface area contributed by atoms with Crippen LogP contribution in [0.2, 0.25) is 0 Å². The molecule has 5 heteroatoms. The van der Waals surface area contributed by atoms with Crippen LogP contribution in [0.1, 0.15) is 6.42 Å². The first-order chi connectivity index (χ1) is 6.13. The first-order valence-corrected chi connectivity index (χ1v) is 3.97. The van der Waals surface area contributed by atoms with E-state index in [1.165, 1.54) is 7.11 Å². The van der Waals surface area contributed by atoms with E-state index in [0.29, 0.717) is 6.61 Å². The van der Waals surface area contributed by atoms with Crippen molar-refractivity contribution in [3.05, 3.63) is 0 Å². The number of carbonyl (C=O) groups is 2. The number of carbonyl (C=O) groups excluding carboxylic acids is 1. The summed E-state index contributed by atoms with van der Waals surface area (Å²) < 4.78 is 9.72. The summed E-state index contributed by atoms with van der Waals surface area (Å²) in [5.74, 6) is -1.48. The molecule has 1 aliphatic heterocycles. The molecule has 0 spiro atoms. The molecular weight excluding hydrogens is 176 g/mol. The minimum absolute atomic E-state index is 0.0883. The largest absolute Gasteiger partial charge is 0.480 e. The predicted octanol–water partition coefficient (Wildman–Crippen LogP) is -0.307. The van der Waals surface area contributed by atoms with Gasteiger partial charge in [0.25, 0.3) is 0 Å². The first-order valence-electron chi connectivity index (χ1n) is 3.97. The van der Waals surface area contributed by atoms with E-state index in [2.05, 4.69) is 0 Å². The number of hydrogen-bond donors (Lipinski definition) is 1. The lowest BCUT2D eigenvalue weighted by atomic mass is 9.82. The van der Waals surface area contributed by atoms with E-state index >= 15 is 0 Å². The van der Waals surface area contributed by atoms with Gasteiger partial charge in [-0.25, -0.2) is 0 Å². The molecule has 1 unspecified atom stereocenters. The molecule has 74 valence electrons. The standard InChI is InChI=1S/C8H12O5/c1-12-4-8(7(10)11)5-13-3-2-6(8)9/h2-5H2,1H3,(H,10,11). The number of rotatable bonds is 3. The van der Waals surface area contributed by atoms with Gasteiger partial charge in [-0.1, -0.05) is 0 Å². The second-order valence-corrected chi connectivity index (χ2v) is 3.05. The highest BCUT2D eigenvalue weighted by Gasteiger charge is 2.48. The average Bonchev–Trinajstić information content (AvgIpc) is 2.09. The van der Waals surface area contributed by atoms with Gasteiger partial charge in [0.2, 0.25) is 0 Å². The van der Waals surface area contributed by atoms with Crippen molar-refractivity contribution in [2.45, 2.75) is 6.42 Å². The Labute approximate surface area is 75.6 Å². The highest BCUT2D eigenvalue weighted by molar-refractivity contribution is 6.03. The Kier molecular flexibility index (Phi) is 3.00. The van der Waals surface area contributed by atoms with E-state index in [1.54, 1.807) is 0 Å². The summed E-state index contributed by atoms with van der Waals surface area (Å²) in [5.41, 5.74) is -1.48. The van der Waals surface area contributed by atoms with Crippen molar-refractivity contribution in [3.63, 3.8) is 0 Å². The summed E-state index contributed by atoms with van der Waals surface area (Å²) >= 11 is 0. The Morgan fingerprint density at radius 3 is 2.92 bits per heavy atom. The molecule has 0 radical (unpaired) electrons. The molecule has 1 saturated heterocycles. The van der Waals surface area contributed by atoms with Crippen LogP contribution in [0.15, 0.2) is 0 Å². The maximum absolute atomic E-state index is 11.4. The molecule has 1 rings (SSSR count). The minimum Gasteiger partial charge on any atom is -0.480 e. The molecule has 0 aliphatic carbocycles. The Morgan fingerprint density at radius 2 is 2.46 bits per heavy atom. The van der Waals surface area contributed by atoms with Gasteiger partial charge in [-0.3, -0.25) is 9.59 Å². The minimum atomic E-state index is -1.48. The number of ether oxygens (including phenoxy) is 2. The van der Waals surface area contributed by atoms with E-state index in [1.807, 2.05) is 0 Å². The maximum Gasteiger partial charge on any atom is 0.322 e. The number of Topliss-reactive ketones (excluding diaryl/α,β-unsaturated/α-hetero) is 1. The van der Waals surface area contributed by atoms with Gasteiger partial charge >= 0.3 is 5.97 Å². The molecule has 1 aliphatic rings. The summed E-state index contributed by atoms with van der Waals surface area (Å²) in [6.07, 6.45) is 0.148. The van der Waals surface area contributed by atoms with Crippen LogP contribution in [0, 0.1) is 5.41 Å². The lowest BCUT2D eigenvalue weighted by molar-refractivity contribution is -0.169. The third-order valence-corrected chi connectivity index (χ3v) is 2.16. The fraction of sp³-hybridized carbons (Fsp3) is 0.750. The van der Waals surface area contributed by atoms with E-state index in [4.69, 9.17) is 14.6 Å². The van der Waals surface area contributed by atoms with Gasteiger partial charge in [0.15, 0.2) is 11.2 Å². The van der Waals surface area contributed by atoms with Crippen LogP contribution < -0.4 is 0 Å². The normalized spacial score (nSPS) is 28.8. The molecule has 0 aromatic heterocycles. The summed E-state index contributed by atoms with van der Waals surface area (Å²) in [6.45, 7) is 0.0910. The first kappa shape index (κ1) is 10.1. The van der Waals surface area contributed by atoms with Gasteiger partial charge in [0, 0.05) is 13.5 Å². The van der Waals surface area contributed by atoms with Crippen molar-refractivity contribution in [2.24, 2.45) is 5.41 Å². The molecular formula is C8H12O5. The van der Waals surface area contributed by atoms with Gasteiger partial charge in [0.1, 0.15) is 0 Å². The number of hydrogen-bond acceptors (Lipinski definition) is 4. The quantitative estimate of drug-likeness (QED) is 0.615. The lowest BCUT2D eigenvalue weighted by Gasteiger charge is -2.30. The number of carboxylic acid groups (broad SMARTS) is 1. The SMILES string of the molecule is COCC1(C(=O)O)COCCC1=O. The smallest absolute Gasteiger partial charge is 0.322 e. The van der Waals surface area contributed by atoms with Gasteiger partial charge < -0.3 is 14.6 Å². The van der Waals surface area contributed by atoms with Crippen LogP contribution in [0.3, 0.4) is 0 Å². The van der Waals surface area contributed by atoms with Crippen molar-refractivity contribution in [3.8, 4) is 0 Å². The van der Waals surface area contributed by atoms with Crippen molar-refractivity contribution in [1.82, 2.24) is 0 Å². The molecule has 1 fully saturated rings. The molecule has 0 saturated carbocycles. The zero-order valence-electron chi connectivity index (χ0n) is 7.41. The van der Waals surface area contributed by atoms with E-state index in [-0.39, 0.29) is 25.4 Å². The monoisotopic (exact) mass is 188 g/mol. The highest BCUT2D eigenvalue weighted by atomic mass is 16.5. The van der Waals surface area contributed by atoms with Crippen molar-refractivity contribution < 1.29 is 24.2 Å². The maximum atomic E-state index is 11.4. The summed E-state index contributed by atoms with van der Waals surface area (Å²) in [5, 5.41) is 8.91. The molecule has 5 nitrogen and oxygen atoms in total. The van der Waals surface area contributed by atoms with Crippen LogP contribution in [-0.2, 0) is 19.1 Å². The fourth-order valence-electron chi connectivity index (χ4n) is 1.34. The van der Waals surface area contributed by atoms with E-state index < -0.39 is 11.4 Å². The van der Waals surface area contributed by atoms with Crippen molar-refractivity contribution in [1.29, 1.82) is 0 Å². The molecule has 0 aromatic rings. The molecule has 1 N–H and O–H groups in total. The zero-order valence-corrected chi connectivity index (χ0v) is 7.41. The number of methoxy groups -OCH3 is 1. The Morgan fingerprint density at radius 1 is 1.77 bits per heavy atom. The van der Waals surface area contributed by atoms with E-state index in [9.17, 15) is 9.59 Å². The van der Waals surface area contributed by atoms with Crippen LogP contribution in [-0.4, -0.2) is 43.8 Å². The molecule has 13 heavy (non-hydrogen) atoms. The second-order valence-electron chi connectivity index (χ2n) is 3.05. The summed E-state index contributed by atoms with van der Waals surface area (Å²) in [4.78, 5) is 22.3. The average molecular weight is 188 g/mol. The number of aliphatic carboxylic acids is 1. The van der Waals surface area contributed by atoms with Crippen LogP contribution in [0.5, 0.6) is 0 Å². The van der Waals surface area contributed by atoms with Crippen LogP contribution in [0.25, 0.3) is 0 Å². The van der Waals surface area contributed by atoms with Crippen molar-refractivity contribution >= 4 is 11.8 Å². The van der Waals surface area contributed by atoms with Gasteiger partial charge in [-0.2, -0.15) is 0 Å². The molecule has 1 heterocycles. The Balaban J connectivity index is 2.86. The van der Waals surface area contributed by atoms with Gasteiger partial charge in [-0.05, 0) is 0 Å². The molecule has 0 amide bonds. The summed E-state index contributed by atoms with van der Waals surface area (Å²) in [6, 6.07) is 0. The third kappa shape index (κ3) is 1.71. The Hall–Kier alpha value is -0.940. The van der Waals surface area contributed by atoms with Gasteiger partial charge in [-0.15, -0.1) is 0 Å². The zero-order chi connectivity index (χ0) is 9.90. The van der Waals surface area contributed by atoms with Gasteiger partial charge in [0.05, 0.1) is 19.8 Å². The summed E-state index contributed by atoms with van der Waals surface area (Å²) in [7, 11) is 1.37. The Bertz CT molecular complexity index is 221. The topological polar surface area (TPSA) is 72.8 Å². The van der Waals surface area contributed by atoms with Crippen molar-refractivity contribution in [2.75, 3.05) is 26.9 Å². The number of carboxylic acids is 1. The van der Waals surface area contributed by atoms with E-state index in [0.717, 1.165) is 0 Å². The third-order valence-electron chi connectivity index (χ3n) is 2.16. The molecule has 0 bridgehead atoms. The number of ketones is 1. The lowest BCUT2D eigenvalue weighted by Crippen LogP contribution is -2.50. The molecule has 1 atom stereocenters. The van der Waals surface area contributed by atoms with Crippen LogP contribution in [0.4, 0.5) is 0 Å². The second kappa shape index (κ2) is 3.85. The highest BCUT2D eigenvalue weighted by Crippen LogP contribution is 2.25. The predicted molar refractivity (Wildman–Crippen MR) is 42.4 cm³/mol.